The van der Waals surface area contributed by atoms with Crippen LogP contribution in [-0.2, 0) is 0 Å². The minimum absolute atomic E-state index is 0. The zero-order valence-corrected chi connectivity index (χ0v) is 11.2. The summed E-state index contributed by atoms with van der Waals surface area (Å²) in [5.41, 5.74) is 3.66. The Morgan fingerprint density at radius 3 is 2.18 bits per heavy atom. The first-order chi connectivity index (χ1) is 10.3. The number of benzene rings is 2. The molecule has 4 aromatic rings. The predicted molar refractivity (Wildman–Crippen MR) is 91.3 cm³/mol. The molecule has 0 saturated heterocycles. The van der Waals surface area contributed by atoms with Crippen LogP contribution in [0.5, 0.6) is 5.75 Å². The summed E-state index contributed by atoms with van der Waals surface area (Å²) in [5.74, 6) is 0.256. The molecule has 0 spiro atoms. The van der Waals surface area contributed by atoms with Gasteiger partial charge in [0.25, 0.3) is 0 Å². The van der Waals surface area contributed by atoms with Crippen LogP contribution < -0.4 is 0 Å². The van der Waals surface area contributed by atoms with Crippen LogP contribution >= 0.6 is 0 Å². The molecule has 22 heavy (non-hydrogen) atoms. The van der Waals surface area contributed by atoms with Gasteiger partial charge in [-0.1, -0.05) is 24.3 Å². The monoisotopic (exact) mass is 406 g/mol. The molecule has 0 amide bonds. The molecule has 102 valence electrons. The molecule has 2 aromatic heterocycles. The van der Waals surface area contributed by atoms with E-state index in [1.54, 1.807) is 18.3 Å². The van der Waals surface area contributed by atoms with Gasteiger partial charge < -0.3 is 5.11 Å². The number of nitrogens with zero attached hydrogens (tertiary/aromatic N) is 2. The average Bonchev–Trinajstić information content (AvgIpc) is 2.55. The van der Waals surface area contributed by atoms with E-state index in [9.17, 15) is 5.11 Å². The molecule has 0 unspecified atom stereocenters. The molecule has 4 rings (SSSR count). The molecule has 0 aliphatic rings. The van der Waals surface area contributed by atoms with Crippen molar-refractivity contribution in [3.8, 4) is 17.0 Å². The number of rotatable bonds is 1. The van der Waals surface area contributed by atoms with Gasteiger partial charge in [0.05, 0.1) is 16.7 Å². The number of hydrogen-bond donors (Lipinski definition) is 1. The van der Waals surface area contributed by atoms with Gasteiger partial charge in [-0.2, -0.15) is 0 Å². The summed E-state index contributed by atoms with van der Waals surface area (Å²) in [6.07, 6.45) is 1.79. The van der Waals surface area contributed by atoms with Crippen LogP contribution in [-0.4, -0.2) is 84.0 Å². The molecule has 0 aliphatic heterocycles. The van der Waals surface area contributed by atoms with Crippen LogP contribution in [0.3, 0.4) is 0 Å². The third-order valence-electron chi connectivity index (χ3n) is 3.60. The zero-order chi connectivity index (χ0) is 14.2. The van der Waals surface area contributed by atoms with Crippen LogP contribution in [0.1, 0.15) is 0 Å². The average molecular weight is 406 g/mol. The Labute approximate surface area is 186 Å². The summed E-state index contributed by atoms with van der Waals surface area (Å²) in [7, 11) is 0. The van der Waals surface area contributed by atoms with Crippen LogP contribution in [0.4, 0.5) is 0 Å². The van der Waals surface area contributed by atoms with Crippen LogP contribution in [0.15, 0.2) is 66.9 Å². The molecule has 0 saturated carbocycles. The van der Waals surface area contributed by atoms with E-state index < -0.39 is 0 Å². The van der Waals surface area contributed by atoms with E-state index in [1.165, 1.54) is 0 Å². The third-order valence-corrected chi connectivity index (χ3v) is 3.60. The number of pyridine rings is 2. The van der Waals surface area contributed by atoms with Crippen molar-refractivity contribution >= 4 is 90.7 Å². The molecule has 2 aromatic carbocycles. The van der Waals surface area contributed by atoms with Crippen molar-refractivity contribution < 1.29 is 5.11 Å². The maximum absolute atomic E-state index is 9.39. The Kier molecular flexibility index (Phi) is 4.87. The summed E-state index contributed by atoms with van der Waals surface area (Å²) in [6, 6.07) is 19.2. The number of phenols is 1. The standard InChI is InChI=1S/C18H12N2O.Cs.H/c21-15-8-5-12(6-9-15)16-10-7-14-4-3-13-2-1-11-19-17(13)18(14)20-16;;/h1-11,21H;;. The van der Waals surface area contributed by atoms with Crippen LogP contribution in [0, 0.1) is 0 Å². The van der Waals surface area contributed by atoms with Crippen molar-refractivity contribution in [3.05, 3.63) is 66.9 Å². The van der Waals surface area contributed by atoms with Crippen LogP contribution in [0.25, 0.3) is 33.1 Å². The van der Waals surface area contributed by atoms with Gasteiger partial charge in [0.15, 0.2) is 0 Å². The van der Waals surface area contributed by atoms with E-state index in [4.69, 9.17) is 4.98 Å². The van der Waals surface area contributed by atoms with Gasteiger partial charge in [-0.3, -0.25) is 4.98 Å². The van der Waals surface area contributed by atoms with Gasteiger partial charge in [0.2, 0.25) is 0 Å². The van der Waals surface area contributed by atoms with Gasteiger partial charge in [-0.25, -0.2) is 4.98 Å². The second-order valence-electron chi connectivity index (χ2n) is 4.96. The van der Waals surface area contributed by atoms with Crippen molar-refractivity contribution in [1.82, 2.24) is 9.97 Å². The summed E-state index contributed by atoms with van der Waals surface area (Å²) < 4.78 is 0. The van der Waals surface area contributed by atoms with Crippen LogP contribution in [0.2, 0.25) is 0 Å². The van der Waals surface area contributed by atoms with Crippen molar-refractivity contribution in [3.63, 3.8) is 0 Å². The van der Waals surface area contributed by atoms with Crippen molar-refractivity contribution in [2.75, 3.05) is 0 Å². The van der Waals surface area contributed by atoms with E-state index in [1.807, 2.05) is 30.3 Å². The molecule has 1 N–H and O–H groups in total. The number of phenolic OH excluding ortho intramolecular Hbond substituents is 1. The first-order valence-electron chi connectivity index (χ1n) is 6.75. The van der Waals surface area contributed by atoms with Crippen molar-refractivity contribution in [1.29, 1.82) is 0 Å². The molecule has 0 aliphatic carbocycles. The molecule has 0 fully saturated rings. The summed E-state index contributed by atoms with van der Waals surface area (Å²) in [5, 5.41) is 11.5. The molecule has 0 bridgehead atoms. The quantitative estimate of drug-likeness (QED) is 0.493. The Morgan fingerprint density at radius 2 is 1.41 bits per heavy atom. The Balaban J connectivity index is 0.00000144. The number of aromatic hydroxyl groups is 1. The second-order valence-corrected chi connectivity index (χ2v) is 4.96. The predicted octanol–water partition coefficient (Wildman–Crippen LogP) is 3.51. The molecule has 0 radical (unpaired) electrons. The summed E-state index contributed by atoms with van der Waals surface area (Å²) in [4.78, 5) is 9.21. The second kappa shape index (κ2) is 6.70. The first-order valence-corrected chi connectivity index (χ1v) is 6.75. The Bertz CT molecular complexity index is 952. The topological polar surface area (TPSA) is 46.0 Å². The minimum atomic E-state index is 0. The number of hydrogen-bond acceptors (Lipinski definition) is 3. The van der Waals surface area contributed by atoms with Gasteiger partial charge >= 0.3 is 68.9 Å². The normalized spacial score (nSPS) is 10.5. The third kappa shape index (κ3) is 2.95. The fourth-order valence-corrected chi connectivity index (χ4v) is 2.52. The Hall–Kier alpha value is -0.888. The number of fused-ring (bicyclic) bond motifs is 3. The van der Waals surface area contributed by atoms with E-state index in [0.717, 1.165) is 33.1 Å². The fourth-order valence-electron chi connectivity index (χ4n) is 2.52. The fraction of sp³-hybridized carbons (Fsp3) is 0. The van der Waals surface area contributed by atoms with E-state index in [-0.39, 0.29) is 74.6 Å². The van der Waals surface area contributed by atoms with Gasteiger partial charge in [0.1, 0.15) is 5.75 Å². The van der Waals surface area contributed by atoms with Gasteiger partial charge in [0, 0.05) is 22.5 Å². The van der Waals surface area contributed by atoms with Gasteiger partial charge in [-0.05, 0) is 36.4 Å². The molecule has 2 heterocycles. The van der Waals surface area contributed by atoms with E-state index in [0.29, 0.717) is 0 Å². The number of aromatic nitrogens is 2. The summed E-state index contributed by atoms with van der Waals surface area (Å²) >= 11 is 0. The zero-order valence-electron chi connectivity index (χ0n) is 11.2. The SMILES string of the molecule is Oc1ccc(-c2ccc3ccc4cccnc4c3n2)cc1.[CsH]. The molecular formula is C18H13CsN2O. The Morgan fingerprint density at radius 1 is 0.727 bits per heavy atom. The molecule has 3 nitrogen and oxygen atoms in total. The van der Waals surface area contributed by atoms with E-state index >= 15 is 0 Å². The van der Waals surface area contributed by atoms with Gasteiger partial charge in [-0.15, -0.1) is 0 Å². The summed E-state index contributed by atoms with van der Waals surface area (Å²) in [6.45, 7) is 0. The molecule has 4 heteroatoms. The van der Waals surface area contributed by atoms with E-state index in [2.05, 4.69) is 23.2 Å². The van der Waals surface area contributed by atoms with Crippen molar-refractivity contribution in [2.45, 2.75) is 0 Å². The first kappa shape index (κ1) is 16.0. The maximum atomic E-state index is 9.39. The molecular weight excluding hydrogens is 393 g/mol. The van der Waals surface area contributed by atoms with Crippen molar-refractivity contribution in [2.24, 2.45) is 0 Å². The molecule has 0 atom stereocenters.